The predicted octanol–water partition coefficient (Wildman–Crippen LogP) is -2.00. The highest BCUT2D eigenvalue weighted by atomic mass is 31.2. The normalized spacial score (nSPS) is 24.3. The van der Waals surface area contributed by atoms with E-state index in [-0.39, 0.29) is 18.7 Å². The van der Waals surface area contributed by atoms with E-state index in [1.54, 1.807) is 6.20 Å². The highest BCUT2D eigenvalue weighted by Gasteiger charge is 2.38. The van der Waals surface area contributed by atoms with Crippen LogP contribution < -0.4 is 22.2 Å². The van der Waals surface area contributed by atoms with Gasteiger partial charge in [-0.05, 0) is 6.07 Å². The SMILES string of the molecule is Nc1ccn([C@H]2C[C@H](O)[C@@H](COP(=O)(O)NC(=O)[C@@H](N)Cc3c[nH]cn3)O2)c(=O)n1. The zero-order valence-electron chi connectivity index (χ0n) is 15.6. The lowest BCUT2D eigenvalue weighted by atomic mass is 10.2. The molecular formula is C15H22N7O7P. The quantitative estimate of drug-likeness (QED) is 0.245. The molecule has 164 valence electrons. The van der Waals surface area contributed by atoms with E-state index < -0.39 is 50.4 Å². The first kappa shape index (κ1) is 22.1. The largest absolute Gasteiger partial charge is 0.432 e. The minimum Gasteiger partial charge on any atom is -0.390 e. The smallest absolute Gasteiger partial charge is 0.390 e. The van der Waals surface area contributed by atoms with Crippen LogP contribution in [0.5, 0.6) is 0 Å². The molecule has 0 spiro atoms. The Labute approximate surface area is 169 Å². The van der Waals surface area contributed by atoms with Crippen molar-refractivity contribution in [3.8, 4) is 0 Å². The monoisotopic (exact) mass is 443 g/mol. The molecule has 15 heteroatoms. The molecular weight excluding hydrogens is 421 g/mol. The second kappa shape index (κ2) is 9.04. The average molecular weight is 443 g/mol. The van der Waals surface area contributed by atoms with Crippen LogP contribution >= 0.6 is 7.75 Å². The van der Waals surface area contributed by atoms with Gasteiger partial charge in [0.15, 0.2) is 0 Å². The summed E-state index contributed by atoms with van der Waals surface area (Å²) < 4.78 is 23.7. The fourth-order valence-corrected chi connectivity index (χ4v) is 3.69. The Bertz CT molecular complexity index is 982. The minimum absolute atomic E-state index is 0.0240. The Kier molecular flexibility index (Phi) is 6.65. The summed E-state index contributed by atoms with van der Waals surface area (Å²) >= 11 is 0. The third-order valence-electron chi connectivity index (χ3n) is 4.35. The summed E-state index contributed by atoms with van der Waals surface area (Å²) in [5, 5.41) is 12.0. The lowest BCUT2D eigenvalue weighted by Gasteiger charge is -2.19. The first-order valence-electron chi connectivity index (χ1n) is 8.85. The molecule has 2 aromatic heterocycles. The summed E-state index contributed by atoms with van der Waals surface area (Å²) in [5.41, 5.74) is 11.0. The average Bonchev–Trinajstić information content (AvgIpc) is 3.29. The van der Waals surface area contributed by atoms with Crippen molar-refractivity contribution in [1.29, 1.82) is 0 Å². The number of rotatable bonds is 8. The summed E-state index contributed by atoms with van der Waals surface area (Å²) in [4.78, 5) is 44.0. The van der Waals surface area contributed by atoms with E-state index in [1.807, 2.05) is 5.09 Å². The molecule has 1 saturated heterocycles. The summed E-state index contributed by atoms with van der Waals surface area (Å²) in [5.74, 6) is -0.869. The second-order valence-electron chi connectivity index (χ2n) is 6.64. The van der Waals surface area contributed by atoms with Crippen LogP contribution in [0.4, 0.5) is 5.82 Å². The number of aliphatic hydroxyl groups excluding tert-OH is 1. The predicted molar refractivity (Wildman–Crippen MR) is 102 cm³/mol. The third-order valence-corrected chi connectivity index (χ3v) is 5.35. The number of amides is 1. The zero-order valence-corrected chi connectivity index (χ0v) is 16.5. The molecule has 5 atom stereocenters. The molecule has 1 aliphatic rings. The van der Waals surface area contributed by atoms with Gasteiger partial charge in [0.2, 0.25) is 5.91 Å². The number of anilines is 1. The number of nitrogens with two attached hydrogens (primary N) is 2. The number of hydrogen-bond donors (Lipinski definition) is 6. The highest BCUT2D eigenvalue weighted by Crippen LogP contribution is 2.39. The first-order chi connectivity index (χ1) is 14.1. The molecule has 0 aromatic carbocycles. The number of aliphatic hydroxyl groups is 1. The van der Waals surface area contributed by atoms with Crippen molar-refractivity contribution in [1.82, 2.24) is 24.6 Å². The van der Waals surface area contributed by atoms with E-state index in [4.69, 9.17) is 20.7 Å². The molecule has 0 bridgehead atoms. The molecule has 0 radical (unpaired) electrons. The molecule has 0 aliphatic carbocycles. The molecule has 2 aromatic rings. The van der Waals surface area contributed by atoms with E-state index in [0.717, 1.165) is 4.57 Å². The Morgan fingerprint density at radius 3 is 3.00 bits per heavy atom. The van der Waals surface area contributed by atoms with Crippen LogP contribution in [0.3, 0.4) is 0 Å². The Morgan fingerprint density at radius 1 is 1.57 bits per heavy atom. The van der Waals surface area contributed by atoms with Gasteiger partial charge in [-0.25, -0.2) is 14.3 Å². The van der Waals surface area contributed by atoms with Gasteiger partial charge in [-0.1, -0.05) is 0 Å². The fraction of sp³-hybridized carbons (Fsp3) is 0.467. The number of carbonyl (C=O) groups is 1. The van der Waals surface area contributed by atoms with Gasteiger partial charge < -0.3 is 31.2 Å². The van der Waals surface area contributed by atoms with Crippen LogP contribution in [0.2, 0.25) is 0 Å². The lowest BCUT2D eigenvalue weighted by molar-refractivity contribution is -0.121. The van der Waals surface area contributed by atoms with Gasteiger partial charge in [0.1, 0.15) is 18.1 Å². The van der Waals surface area contributed by atoms with Gasteiger partial charge >= 0.3 is 13.4 Å². The Hall–Kier alpha value is -2.61. The molecule has 14 nitrogen and oxygen atoms in total. The van der Waals surface area contributed by atoms with Gasteiger partial charge in [0.05, 0.1) is 30.8 Å². The number of carbonyl (C=O) groups excluding carboxylic acids is 1. The van der Waals surface area contributed by atoms with Gasteiger partial charge in [-0.3, -0.25) is 19.0 Å². The van der Waals surface area contributed by atoms with E-state index in [0.29, 0.717) is 5.69 Å². The van der Waals surface area contributed by atoms with Crippen molar-refractivity contribution in [2.45, 2.75) is 37.3 Å². The van der Waals surface area contributed by atoms with Crippen LogP contribution in [0.15, 0.2) is 29.6 Å². The molecule has 3 heterocycles. The van der Waals surface area contributed by atoms with E-state index >= 15 is 0 Å². The van der Waals surface area contributed by atoms with Crippen molar-refractivity contribution < 1.29 is 28.6 Å². The maximum Gasteiger partial charge on any atom is 0.432 e. The van der Waals surface area contributed by atoms with Crippen molar-refractivity contribution in [2.75, 3.05) is 12.3 Å². The van der Waals surface area contributed by atoms with Gasteiger partial charge in [-0.15, -0.1) is 0 Å². The Morgan fingerprint density at radius 2 is 2.33 bits per heavy atom. The van der Waals surface area contributed by atoms with Gasteiger partial charge in [-0.2, -0.15) is 4.98 Å². The van der Waals surface area contributed by atoms with Crippen molar-refractivity contribution in [3.05, 3.63) is 41.0 Å². The molecule has 0 saturated carbocycles. The van der Waals surface area contributed by atoms with E-state index in [2.05, 4.69) is 15.0 Å². The topological polar surface area (TPSA) is 221 Å². The molecule has 30 heavy (non-hydrogen) atoms. The summed E-state index contributed by atoms with van der Waals surface area (Å²) in [7, 11) is -4.58. The second-order valence-corrected chi connectivity index (χ2v) is 8.16. The number of nitrogens with one attached hydrogen (secondary N) is 2. The van der Waals surface area contributed by atoms with Gasteiger partial charge in [0.25, 0.3) is 0 Å². The molecule has 3 rings (SSSR count). The first-order valence-corrected chi connectivity index (χ1v) is 10.4. The number of H-pyrrole nitrogens is 1. The number of nitrogens with zero attached hydrogens (tertiary/aromatic N) is 3. The maximum atomic E-state index is 12.1. The minimum atomic E-state index is -4.58. The molecule has 1 fully saturated rings. The van der Waals surface area contributed by atoms with Crippen molar-refractivity contribution in [3.63, 3.8) is 0 Å². The van der Waals surface area contributed by atoms with Crippen LogP contribution in [0.25, 0.3) is 0 Å². The number of hydrogen-bond acceptors (Lipinski definition) is 10. The number of ether oxygens (including phenoxy) is 1. The van der Waals surface area contributed by atoms with Crippen molar-refractivity contribution in [2.24, 2.45) is 5.73 Å². The summed E-state index contributed by atoms with van der Waals surface area (Å²) in [6.45, 7) is -0.516. The molecule has 1 amide bonds. The van der Waals surface area contributed by atoms with Crippen molar-refractivity contribution >= 4 is 19.5 Å². The number of aromatic nitrogens is 4. The third kappa shape index (κ3) is 5.50. The lowest BCUT2D eigenvalue weighted by Crippen LogP contribution is -2.41. The van der Waals surface area contributed by atoms with Crippen LogP contribution in [0, 0.1) is 0 Å². The molecule has 1 aliphatic heterocycles. The van der Waals surface area contributed by atoms with Gasteiger partial charge in [0, 0.05) is 25.2 Å². The maximum absolute atomic E-state index is 12.1. The number of imidazole rings is 1. The zero-order chi connectivity index (χ0) is 21.9. The number of aromatic amines is 1. The number of nitrogen functional groups attached to an aromatic ring is 1. The summed E-state index contributed by atoms with van der Waals surface area (Å²) in [6, 6.07) is 0.268. The molecule has 8 N–H and O–H groups in total. The van der Waals surface area contributed by atoms with E-state index in [1.165, 1.54) is 18.6 Å². The van der Waals surface area contributed by atoms with E-state index in [9.17, 15) is 24.2 Å². The Balaban J connectivity index is 1.53. The molecule has 1 unspecified atom stereocenters. The van der Waals surface area contributed by atoms with Crippen LogP contribution in [0.1, 0.15) is 18.3 Å². The summed E-state index contributed by atoms with van der Waals surface area (Å²) in [6.07, 6.45) is 1.43. The fourth-order valence-electron chi connectivity index (χ4n) is 2.83. The van der Waals surface area contributed by atoms with Crippen LogP contribution in [-0.2, 0) is 25.0 Å². The highest BCUT2D eigenvalue weighted by molar-refractivity contribution is 7.51. The van der Waals surface area contributed by atoms with Crippen LogP contribution in [-0.4, -0.2) is 60.3 Å². The standard InChI is InChI=1S/C15H22N7O7P/c16-9(3-8-5-18-7-19-8)14(24)21-30(26,27)28-6-11-10(23)4-13(29-11)22-2-1-12(17)20-15(22)25/h1-2,5,7,9-11,13,23H,3-4,6,16H2,(H,18,19)(H2,17,20,25)(H2,21,24,26,27)/t9-,10-,11+,13+/m0/s1.